The van der Waals surface area contributed by atoms with Crippen LogP contribution >= 0.6 is 0 Å². The molecule has 5 nitrogen and oxygen atoms in total. The molecule has 3 aromatic rings. The molecule has 0 aromatic heterocycles. The molecule has 3 aromatic carbocycles. The van der Waals surface area contributed by atoms with E-state index in [4.69, 9.17) is 9.47 Å². The lowest BCUT2D eigenvalue weighted by Crippen LogP contribution is -2.46. The van der Waals surface area contributed by atoms with Gasteiger partial charge in [0.15, 0.2) is 11.5 Å². The van der Waals surface area contributed by atoms with Crippen LogP contribution in [0.5, 0.6) is 11.5 Å². The maximum absolute atomic E-state index is 10.5. The first kappa shape index (κ1) is 25.8. The smallest absolute Gasteiger partial charge is 0.161 e. The van der Waals surface area contributed by atoms with Crippen molar-refractivity contribution in [3.05, 3.63) is 96.1 Å². The number of aliphatic hydroxyl groups is 1. The van der Waals surface area contributed by atoms with Gasteiger partial charge in [-0.25, -0.2) is 0 Å². The highest BCUT2D eigenvalue weighted by atomic mass is 16.5. The standard InChI is InChI=1S/C29H38N2O3/c1-29(2,30-21-25(32)22-34-27-18-12-11-17-26(27)33-4)19-20-31(3)28(23-13-7-5-8-14-23)24-15-9-6-10-16-24/h5-18,25,28,30,32H,19-22H2,1-4H3. The molecule has 0 aliphatic carbocycles. The zero-order chi connectivity index (χ0) is 24.4. The van der Waals surface area contributed by atoms with Gasteiger partial charge in [0.25, 0.3) is 0 Å². The van der Waals surface area contributed by atoms with Gasteiger partial charge in [0, 0.05) is 18.6 Å². The topological polar surface area (TPSA) is 54.0 Å². The highest BCUT2D eigenvalue weighted by Gasteiger charge is 2.24. The quantitative estimate of drug-likeness (QED) is 0.378. The molecule has 34 heavy (non-hydrogen) atoms. The van der Waals surface area contributed by atoms with E-state index in [2.05, 4.69) is 91.8 Å². The van der Waals surface area contributed by atoms with Crippen LogP contribution in [0.25, 0.3) is 0 Å². The van der Waals surface area contributed by atoms with Crippen LogP contribution in [0.3, 0.4) is 0 Å². The third kappa shape index (κ3) is 7.59. The summed E-state index contributed by atoms with van der Waals surface area (Å²) in [7, 11) is 3.79. The van der Waals surface area contributed by atoms with Gasteiger partial charge in [0.05, 0.1) is 13.2 Å². The van der Waals surface area contributed by atoms with Crippen molar-refractivity contribution in [2.45, 2.75) is 38.0 Å². The van der Waals surface area contributed by atoms with Crippen molar-refractivity contribution < 1.29 is 14.6 Å². The number of nitrogens with zero attached hydrogens (tertiary/aromatic N) is 1. The lowest BCUT2D eigenvalue weighted by Gasteiger charge is -2.34. The summed E-state index contributed by atoms with van der Waals surface area (Å²) < 4.78 is 11.1. The number of aliphatic hydroxyl groups excluding tert-OH is 1. The minimum atomic E-state index is -0.622. The number of ether oxygens (including phenoxy) is 2. The van der Waals surface area contributed by atoms with Gasteiger partial charge in [-0.2, -0.15) is 0 Å². The summed E-state index contributed by atoms with van der Waals surface area (Å²) in [5.41, 5.74) is 2.43. The number of hydrogen-bond acceptors (Lipinski definition) is 5. The lowest BCUT2D eigenvalue weighted by molar-refractivity contribution is 0.0953. The Kier molecular flexibility index (Phi) is 9.52. The number of rotatable bonds is 13. The predicted octanol–water partition coefficient (Wildman–Crippen LogP) is 4.91. The summed E-state index contributed by atoms with van der Waals surface area (Å²) in [5.74, 6) is 1.30. The molecular formula is C29H38N2O3. The largest absolute Gasteiger partial charge is 0.493 e. The summed E-state index contributed by atoms with van der Waals surface area (Å²) in [6.07, 6.45) is 0.308. The number of nitrogens with one attached hydrogen (secondary N) is 1. The average molecular weight is 463 g/mol. The van der Waals surface area contributed by atoms with Crippen molar-refractivity contribution >= 4 is 0 Å². The van der Waals surface area contributed by atoms with Crippen LogP contribution in [0.4, 0.5) is 0 Å². The number of methoxy groups -OCH3 is 1. The second kappa shape index (κ2) is 12.6. The van der Waals surface area contributed by atoms with Gasteiger partial charge in [-0.1, -0.05) is 72.8 Å². The fraction of sp³-hybridized carbons (Fsp3) is 0.379. The van der Waals surface area contributed by atoms with Crippen LogP contribution in [-0.4, -0.2) is 55.5 Å². The van der Waals surface area contributed by atoms with Crippen molar-refractivity contribution in [2.75, 3.05) is 33.9 Å². The van der Waals surface area contributed by atoms with Gasteiger partial charge in [-0.05, 0) is 50.6 Å². The van der Waals surface area contributed by atoms with E-state index in [9.17, 15) is 5.11 Å². The van der Waals surface area contributed by atoms with E-state index in [1.807, 2.05) is 24.3 Å². The monoisotopic (exact) mass is 462 g/mol. The molecule has 1 atom stereocenters. The molecule has 1 unspecified atom stereocenters. The predicted molar refractivity (Wildman–Crippen MR) is 139 cm³/mol. The molecule has 0 saturated carbocycles. The summed E-state index contributed by atoms with van der Waals surface area (Å²) in [6, 6.07) is 28.9. The molecule has 3 rings (SSSR count). The van der Waals surface area contributed by atoms with Crippen molar-refractivity contribution in [1.29, 1.82) is 0 Å². The molecule has 5 heteroatoms. The molecular weight excluding hydrogens is 424 g/mol. The molecule has 0 aliphatic rings. The maximum Gasteiger partial charge on any atom is 0.161 e. The molecule has 0 spiro atoms. The Labute approximate surface area is 204 Å². The lowest BCUT2D eigenvalue weighted by atomic mass is 9.95. The molecule has 0 aliphatic heterocycles. The molecule has 0 amide bonds. The van der Waals surface area contributed by atoms with Gasteiger partial charge in [-0.15, -0.1) is 0 Å². The van der Waals surface area contributed by atoms with Gasteiger partial charge in [-0.3, -0.25) is 4.90 Å². The Balaban J connectivity index is 1.52. The van der Waals surface area contributed by atoms with Gasteiger partial charge < -0.3 is 19.9 Å². The summed E-state index contributed by atoms with van der Waals surface area (Å²) in [5, 5.41) is 14.0. The van der Waals surface area contributed by atoms with Crippen molar-refractivity contribution in [3.8, 4) is 11.5 Å². The van der Waals surface area contributed by atoms with Crippen molar-refractivity contribution in [1.82, 2.24) is 10.2 Å². The average Bonchev–Trinajstić information content (AvgIpc) is 2.87. The summed E-state index contributed by atoms with van der Waals surface area (Å²) in [4.78, 5) is 2.40. The van der Waals surface area contributed by atoms with E-state index in [0.717, 1.165) is 13.0 Å². The van der Waals surface area contributed by atoms with E-state index < -0.39 is 6.10 Å². The van der Waals surface area contributed by atoms with E-state index in [0.29, 0.717) is 18.0 Å². The van der Waals surface area contributed by atoms with Crippen LogP contribution in [0.1, 0.15) is 37.4 Å². The molecule has 0 saturated heterocycles. The molecule has 0 radical (unpaired) electrons. The first-order chi connectivity index (χ1) is 16.4. The Morgan fingerprint density at radius 2 is 1.38 bits per heavy atom. The molecule has 2 N–H and O–H groups in total. The van der Waals surface area contributed by atoms with E-state index in [1.165, 1.54) is 11.1 Å². The van der Waals surface area contributed by atoms with Crippen LogP contribution in [0, 0.1) is 0 Å². The van der Waals surface area contributed by atoms with Crippen LogP contribution in [-0.2, 0) is 0 Å². The molecule has 0 fully saturated rings. The number of para-hydroxylation sites is 2. The fourth-order valence-corrected chi connectivity index (χ4v) is 4.02. The summed E-state index contributed by atoms with van der Waals surface area (Å²) >= 11 is 0. The first-order valence-electron chi connectivity index (χ1n) is 11.9. The molecule has 0 heterocycles. The number of β-amino-alcohol motifs (C(OH)–C–C–N with tert-alkyl or cyclic N) is 1. The minimum absolute atomic E-state index is 0.141. The van der Waals surface area contributed by atoms with Crippen molar-refractivity contribution in [2.24, 2.45) is 0 Å². The van der Waals surface area contributed by atoms with Crippen LogP contribution in [0.15, 0.2) is 84.9 Å². The zero-order valence-electron chi connectivity index (χ0n) is 20.8. The Bertz CT molecular complexity index is 939. The van der Waals surface area contributed by atoms with Gasteiger partial charge in [0.1, 0.15) is 12.7 Å². The fourth-order valence-electron chi connectivity index (χ4n) is 4.02. The third-order valence-corrected chi connectivity index (χ3v) is 6.08. The van der Waals surface area contributed by atoms with E-state index in [-0.39, 0.29) is 18.2 Å². The van der Waals surface area contributed by atoms with E-state index >= 15 is 0 Å². The zero-order valence-corrected chi connectivity index (χ0v) is 20.8. The number of benzene rings is 3. The normalized spacial score (nSPS) is 12.7. The second-order valence-corrected chi connectivity index (χ2v) is 9.33. The van der Waals surface area contributed by atoms with Gasteiger partial charge in [0.2, 0.25) is 0 Å². The maximum atomic E-state index is 10.5. The minimum Gasteiger partial charge on any atom is -0.493 e. The molecule has 0 bridgehead atoms. The van der Waals surface area contributed by atoms with Crippen LogP contribution < -0.4 is 14.8 Å². The van der Waals surface area contributed by atoms with E-state index in [1.54, 1.807) is 7.11 Å². The van der Waals surface area contributed by atoms with Gasteiger partial charge >= 0.3 is 0 Å². The third-order valence-electron chi connectivity index (χ3n) is 6.08. The summed E-state index contributed by atoms with van der Waals surface area (Å²) in [6.45, 7) is 5.91. The first-order valence-corrected chi connectivity index (χ1v) is 11.9. The Hall–Kier alpha value is -2.86. The SMILES string of the molecule is COc1ccccc1OCC(O)CNC(C)(C)CCN(C)C(c1ccccc1)c1ccccc1. The number of hydrogen-bond donors (Lipinski definition) is 2. The second-order valence-electron chi connectivity index (χ2n) is 9.33. The Morgan fingerprint density at radius 1 is 0.853 bits per heavy atom. The highest BCUT2D eigenvalue weighted by Crippen LogP contribution is 2.28. The highest BCUT2D eigenvalue weighted by molar-refractivity contribution is 5.39. The Morgan fingerprint density at radius 3 is 1.94 bits per heavy atom. The van der Waals surface area contributed by atoms with Crippen molar-refractivity contribution in [3.63, 3.8) is 0 Å². The van der Waals surface area contributed by atoms with Crippen LogP contribution in [0.2, 0.25) is 0 Å². The molecule has 182 valence electrons.